The summed E-state index contributed by atoms with van der Waals surface area (Å²) in [6, 6.07) is 24.6. The lowest BCUT2D eigenvalue weighted by Crippen LogP contribution is -2.29. The first kappa shape index (κ1) is 16.1. The summed E-state index contributed by atoms with van der Waals surface area (Å²) in [6.07, 6.45) is 0. The Morgan fingerprint density at radius 1 is 0.750 bits per heavy atom. The van der Waals surface area contributed by atoms with Crippen molar-refractivity contribution in [3.63, 3.8) is 0 Å². The van der Waals surface area contributed by atoms with Crippen LogP contribution in [0.1, 0.15) is 5.56 Å². The van der Waals surface area contributed by atoms with Crippen LogP contribution in [0.5, 0.6) is 11.5 Å². The number of hydrogen-bond donors (Lipinski definition) is 3. The molecule has 0 aliphatic rings. The van der Waals surface area contributed by atoms with Gasteiger partial charge < -0.3 is 20.1 Å². The molecule has 0 spiro atoms. The number of rotatable bonds is 6. The summed E-state index contributed by atoms with van der Waals surface area (Å²) < 4.78 is 5.76. The molecule has 0 heterocycles. The van der Waals surface area contributed by atoms with Crippen molar-refractivity contribution in [2.45, 2.75) is 6.54 Å². The lowest BCUT2D eigenvalue weighted by Gasteiger charge is -2.09. The molecule has 5 heteroatoms. The summed E-state index contributed by atoms with van der Waals surface area (Å²) in [6.45, 7) is 0.673. The van der Waals surface area contributed by atoms with Gasteiger partial charge in [-0.3, -0.25) is 0 Å². The van der Waals surface area contributed by atoms with Crippen LogP contribution < -0.4 is 15.5 Å². The average Bonchev–Trinajstić information content (AvgIpc) is 2.62. The van der Waals surface area contributed by atoms with E-state index in [2.05, 4.69) is 5.32 Å². The Bertz CT molecular complexity index is 759. The second-order valence-corrected chi connectivity index (χ2v) is 5.41. The lowest BCUT2D eigenvalue weighted by atomic mass is 9.80. The molecule has 0 unspecified atom stereocenters. The Morgan fingerprint density at radius 2 is 1.38 bits per heavy atom. The third kappa shape index (κ3) is 4.38. The summed E-state index contributed by atoms with van der Waals surface area (Å²) in [5.74, 6) is 1.61. The molecule has 4 nitrogen and oxygen atoms in total. The van der Waals surface area contributed by atoms with Crippen LogP contribution in [0.4, 0.5) is 5.69 Å². The molecule has 3 aromatic carbocycles. The SMILES string of the molecule is OB(O)c1ccc(NCc2ccc(Oc3ccccc3)cc2)cc1. The second kappa shape index (κ2) is 7.68. The van der Waals surface area contributed by atoms with Crippen molar-refractivity contribution in [2.75, 3.05) is 5.32 Å². The van der Waals surface area contributed by atoms with Gasteiger partial charge in [0, 0.05) is 12.2 Å². The van der Waals surface area contributed by atoms with Crippen LogP contribution in [0.15, 0.2) is 78.9 Å². The van der Waals surface area contributed by atoms with Crippen molar-refractivity contribution in [1.82, 2.24) is 0 Å². The third-order valence-corrected chi connectivity index (χ3v) is 3.61. The Balaban J connectivity index is 1.56. The van der Waals surface area contributed by atoms with Crippen molar-refractivity contribution >= 4 is 18.3 Å². The quantitative estimate of drug-likeness (QED) is 0.612. The highest BCUT2D eigenvalue weighted by atomic mass is 16.5. The van der Waals surface area contributed by atoms with E-state index in [9.17, 15) is 0 Å². The number of nitrogens with one attached hydrogen (secondary N) is 1. The van der Waals surface area contributed by atoms with E-state index in [1.807, 2.05) is 66.7 Å². The van der Waals surface area contributed by atoms with Gasteiger partial charge in [0.1, 0.15) is 11.5 Å². The first-order valence-corrected chi connectivity index (χ1v) is 7.72. The van der Waals surface area contributed by atoms with Gasteiger partial charge in [-0.1, -0.05) is 42.5 Å². The molecule has 3 aromatic rings. The van der Waals surface area contributed by atoms with Gasteiger partial charge in [-0.25, -0.2) is 0 Å². The zero-order valence-electron chi connectivity index (χ0n) is 13.1. The Hall–Kier alpha value is -2.76. The van der Waals surface area contributed by atoms with Crippen LogP contribution in [0.3, 0.4) is 0 Å². The predicted octanol–water partition coefficient (Wildman–Crippen LogP) is 2.77. The second-order valence-electron chi connectivity index (χ2n) is 5.41. The number of hydrogen-bond acceptors (Lipinski definition) is 4. The maximum absolute atomic E-state index is 9.08. The Labute approximate surface area is 141 Å². The average molecular weight is 319 g/mol. The molecule has 0 saturated carbocycles. The van der Waals surface area contributed by atoms with Crippen molar-refractivity contribution < 1.29 is 14.8 Å². The van der Waals surface area contributed by atoms with Crippen molar-refractivity contribution in [1.29, 1.82) is 0 Å². The van der Waals surface area contributed by atoms with Crippen LogP contribution >= 0.6 is 0 Å². The van der Waals surface area contributed by atoms with E-state index in [4.69, 9.17) is 14.8 Å². The van der Waals surface area contributed by atoms with Gasteiger partial charge in [-0.15, -0.1) is 0 Å². The third-order valence-electron chi connectivity index (χ3n) is 3.61. The molecule has 0 saturated heterocycles. The van der Waals surface area contributed by atoms with Crippen LogP contribution in [0.2, 0.25) is 0 Å². The van der Waals surface area contributed by atoms with Crippen LogP contribution in [-0.2, 0) is 6.54 Å². The molecule has 0 atom stereocenters. The van der Waals surface area contributed by atoms with Crippen molar-refractivity contribution in [3.05, 3.63) is 84.4 Å². The van der Waals surface area contributed by atoms with E-state index in [1.165, 1.54) is 0 Å². The Morgan fingerprint density at radius 3 is 2.00 bits per heavy atom. The fourth-order valence-corrected chi connectivity index (χ4v) is 2.28. The highest BCUT2D eigenvalue weighted by Gasteiger charge is 2.09. The molecule has 0 amide bonds. The van der Waals surface area contributed by atoms with E-state index in [-0.39, 0.29) is 0 Å². The molecule has 3 N–H and O–H groups in total. The molecular formula is C19H18BNO3. The maximum Gasteiger partial charge on any atom is 0.488 e. The number of benzene rings is 3. The molecule has 0 aromatic heterocycles. The maximum atomic E-state index is 9.08. The fourth-order valence-electron chi connectivity index (χ4n) is 2.28. The first-order chi connectivity index (χ1) is 11.7. The van der Waals surface area contributed by atoms with Crippen LogP contribution in [0.25, 0.3) is 0 Å². The molecule has 0 aliphatic carbocycles. The summed E-state index contributed by atoms with van der Waals surface area (Å²) in [4.78, 5) is 0. The number of anilines is 1. The predicted molar refractivity (Wildman–Crippen MR) is 96.6 cm³/mol. The standard InChI is InChI=1S/C19H18BNO3/c22-20(23)16-8-10-17(11-9-16)21-14-15-6-12-19(13-7-15)24-18-4-2-1-3-5-18/h1-13,21-23H,14H2. The minimum absolute atomic E-state index is 0.475. The lowest BCUT2D eigenvalue weighted by molar-refractivity contribution is 0.426. The van der Waals surface area contributed by atoms with E-state index >= 15 is 0 Å². The molecule has 0 aliphatic heterocycles. The number of para-hydroxylation sites is 1. The van der Waals surface area contributed by atoms with Crippen molar-refractivity contribution in [3.8, 4) is 11.5 Å². The zero-order valence-corrected chi connectivity index (χ0v) is 13.1. The van der Waals surface area contributed by atoms with Gasteiger partial charge in [0.15, 0.2) is 0 Å². The normalized spacial score (nSPS) is 10.2. The first-order valence-electron chi connectivity index (χ1n) is 7.72. The molecule has 24 heavy (non-hydrogen) atoms. The van der Waals surface area contributed by atoms with Gasteiger partial charge >= 0.3 is 7.12 Å². The molecule has 0 radical (unpaired) electrons. The van der Waals surface area contributed by atoms with Crippen molar-refractivity contribution in [2.24, 2.45) is 0 Å². The van der Waals surface area contributed by atoms with Crippen LogP contribution in [0, 0.1) is 0 Å². The minimum atomic E-state index is -1.43. The summed E-state index contributed by atoms with van der Waals surface area (Å²) in [7, 11) is -1.43. The highest BCUT2D eigenvalue weighted by molar-refractivity contribution is 6.58. The summed E-state index contributed by atoms with van der Waals surface area (Å²) in [5, 5.41) is 21.4. The summed E-state index contributed by atoms with van der Waals surface area (Å²) >= 11 is 0. The van der Waals surface area contributed by atoms with E-state index in [0.29, 0.717) is 12.0 Å². The monoisotopic (exact) mass is 319 g/mol. The zero-order chi connectivity index (χ0) is 16.8. The van der Waals surface area contributed by atoms with Gasteiger partial charge in [-0.05, 0) is 47.4 Å². The van der Waals surface area contributed by atoms with E-state index in [0.717, 1.165) is 22.7 Å². The molecule has 0 bridgehead atoms. The molecule has 3 rings (SSSR count). The number of ether oxygens (including phenoxy) is 1. The van der Waals surface area contributed by atoms with E-state index < -0.39 is 7.12 Å². The topological polar surface area (TPSA) is 61.7 Å². The van der Waals surface area contributed by atoms with Gasteiger partial charge in [-0.2, -0.15) is 0 Å². The van der Waals surface area contributed by atoms with Crippen LogP contribution in [-0.4, -0.2) is 17.2 Å². The fraction of sp³-hybridized carbons (Fsp3) is 0.0526. The highest BCUT2D eigenvalue weighted by Crippen LogP contribution is 2.21. The Kier molecular flexibility index (Phi) is 5.16. The largest absolute Gasteiger partial charge is 0.488 e. The van der Waals surface area contributed by atoms with Gasteiger partial charge in [0.05, 0.1) is 0 Å². The van der Waals surface area contributed by atoms with E-state index in [1.54, 1.807) is 12.1 Å². The molecular weight excluding hydrogens is 301 g/mol. The smallest absolute Gasteiger partial charge is 0.457 e. The van der Waals surface area contributed by atoms with Gasteiger partial charge in [0.25, 0.3) is 0 Å². The molecule has 0 fully saturated rings. The van der Waals surface area contributed by atoms with Gasteiger partial charge in [0.2, 0.25) is 0 Å². The molecule has 120 valence electrons. The minimum Gasteiger partial charge on any atom is -0.457 e. The summed E-state index contributed by atoms with van der Waals surface area (Å²) in [5.41, 5.74) is 2.52.